The Hall–Kier alpha value is -0.210. The lowest BCUT2D eigenvalue weighted by atomic mass is 10.0. The van der Waals surface area contributed by atoms with Crippen molar-refractivity contribution in [1.82, 2.24) is 0 Å². The summed E-state index contributed by atoms with van der Waals surface area (Å²) in [4.78, 5) is 0. The van der Waals surface area contributed by atoms with E-state index in [1.54, 1.807) is 0 Å². The number of hydrogen-bond donors (Lipinski definition) is 0. The first-order valence-electron chi connectivity index (χ1n) is 3.12. The van der Waals surface area contributed by atoms with Crippen molar-refractivity contribution in [2.45, 2.75) is 28.8 Å². The zero-order chi connectivity index (χ0) is 11.4. The van der Waals surface area contributed by atoms with Crippen LogP contribution in [0.4, 0.5) is 35.1 Å². The van der Waals surface area contributed by atoms with Gasteiger partial charge in [-0.2, -0.15) is 17.6 Å². The third-order valence-electron chi connectivity index (χ3n) is 1.75. The van der Waals surface area contributed by atoms with E-state index < -0.39 is 40.5 Å². The molecular formula is C5H2F8S. The molecule has 14 heavy (non-hydrogen) atoms. The van der Waals surface area contributed by atoms with Crippen molar-refractivity contribution in [3.63, 3.8) is 0 Å². The van der Waals surface area contributed by atoms with Crippen LogP contribution >= 0.6 is 11.8 Å². The van der Waals surface area contributed by atoms with Gasteiger partial charge in [-0.1, -0.05) is 0 Å². The molecule has 0 aromatic heterocycles. The molecule has 1 heterocycles. The number of alkyl halides is 8. The fraction of sp³-hybridized carbons (Fsp3) is 1.00. The molecule has 0 amide bonds. The van der Waals surface area contributed by atoms with Crippen LogP contribution in [0.15, 0.2) is 0 Å². The fourth-order valence-electron chi connectivity index (χ4n) is 0.891. The Morgan fingerprint density at radius 3 is 1.57 bits per heavy atom. The summed E-state index contributed by atoms with van der Waals surface area (Å²) >= 11 is -1.44. The molecule has 0 bridgehead atoms. The van der Waals surface area contributed by atoms with E-state index in [1.807, 2.05) is 0 Å². The summed E-state index contributed by atoms with van der Waals surface area (Å²) in [5, 5.41) is -5.17. The zero-order valence-electron chi connectivity index (χ0n) is 6.09. The average Bonchev–Trinajstić information content (AvgIpc) is 2.10. The number of rotatable bonds is 1. The Morgan fingerprint density at radius 1 is 1.00 bits per heavy atom. The van der Waals surface area contributed by atoms with E-state index in [1.165, 1.54) is 0 Å². The van der Waals surface area contributed by atoms with Crippen molar-refractivity contribution in [2.75, 3.05) is 0 Å². The minimum atomic E-state index is -5.72. The minimum absolute atomic E-state index is 1.44. The van der Waals surface area contributed by atoms with Gasteiger partial charge in [0, 0.05) is 0 Å². The van der Waals surface area contributed by atoms with Gasteiger partial charge in [-0.3, -0.25) is 0 Å². The Labute approximate surface area is 76.6 Å². The maximum Gasteiger partial charge on any atom is 0.362 e. The molecule has 0 aromatic rings. The number of thioether (sulfide) groups is 1. The quantitative estimate of drug-likeness (QED) is 0.640. The molecule has 0 N–H and O–H groups in total. The van der Waals surface area contributed by atoms with Crippen LogP contribution < -0.4 is 0 Å². The van der Waals surface area contributed by atoms with Crippen LogP contribution in [0.1, 0.15) is 0 Å². The molecule has 9 heteroatoms. The van der Waals surface area contributed by atoms with Gasteiger partial charge in [-0.05, 0) is 11.8 Å². The van der Waals surface area contributed by atoms with Crippen LogP contribution in [-0.2, 0) is 0 Å². The van der Waals surface area contributed by atoms with Crippen molar-refractivity contribution < 1.29 is 35.1 Å². The van der Waals surface area contributed by atoms with Gasteiger partial charge >= 0.3 is 11.2 Å². The van der Waals surface area contributed by atoms with E-state index in [0.717, 1.165) is 0 Å². The van der Waals surface area contributed by atoms with Crippen molar-refractivity contribution in [2.24, 2.45) is 0 Å². The predicted molar refractivity (Wildman–Crippen MR) is 32.2 cm³/mol. The van der Waals surface area contributed by atoms with Crippen molar-refractivity contribution >= 4 is 11.8 Å². The molecule has 1 fully saturated rings. The summed E-state index contributed by atoms with van der Waals surface area (Å²) < 4.78 is 97.9. The third-order valence-corrected chi connectivity index (χ3v) is 2.85. The van der Waals surface area contributed by atoms with Gasteiger partial charge in [0.2, 0.25) is 0 Å². The Kier molecular flexibility index (Phi) is 2.45. The van der Waals surface area contributed by atoms with E-state index in [9.17, 15) is 35.1 Å². The largest absolute Gasteiger partial charge is 0.362 e. The lowest BCUT2D eigenvalue weighted by molar-refractivity contribution is -0.258. The van der Waals surface area contributed by atoms with Gasteiger partial charge < -0.3 is 0 Å². The first kappa shape index (κ1) is 11.9. The molecule has 1 saturated heterocycles. The summed E-state index contributed by atoms with van der Waals surface area (Å²) in [7, 11) is 0. The number of hydrogen-bond acceptors (Lipinski definition) is 1. The maximum atomic E-state index is 12.7. The van der Waals surface area contributed by atoms with Crippen molar-refractivity contribution in [3.8, 4) is 0 Å². The Balaban J connectivity index is 3.20. The van der Waals surface area contributed by atoms with Gasteiger partial charge in [0.15, 0.2) is 5.50 Å². The molecule has 2 unspecified atom stereocenters. The SMILES string of the molecule is FC(F)C1(F)C(F)SC(F)(F)C1(F)F. The topological polar surface area (TPSA) is 0 Å². The van der Waals surface area contributed by atoms with Crippen molar-refractivity contribution in [1.29, 1.82) is 0 Å². The summed E-state index contributed by atoms with van der Waals surface area (Å²) in [6, 6.07) is 0. The van der Waals surface area contributed by atoms with E-state index in [0.29, 0.717) is 0 Å². The smallest absolute Gasteiger partial charge is 0.231 e. The van der Waals surface area contributed by atoms with Crippen LogP contribution in [0.25, 0.3) is 0 Å². The summed E-state index contributed by atoms with van der Waals surface area (Å²) in [6.07, 6.45) is -4.52. The fourth-order valence-corrected chi connectivity index (χ4v) is 1.88. The minimum Gasteiger partial charge on any atom is -0.231 e. The second-order valence-electron chi connectivity index (χ2n) is 2.59. The van der Waals surface area contributed by atoms with E-state index in [4.69, 9.17) is 0 Å². The summed E-state index contributed by atoms with van der Waals surface area (Å²) in [5.41, 5.74) is -8.80. The molecule has 0 aliphatic carbocycles. The summed E-state index contributed by atoms with van der Waals surface area (Å²) in [5.74, 6) is -5.72. The second kappa shape index (κ2) is 2.89. The molecule has 0 aromatic carbocycles. The molecule has 1 aliphatic heterocycles. The Bertz CT molecular complexity index is 240. The van der Waals surface area contributed by atoms with Crippen LogP contribution in [-0.4, -0.2) is 28.8 Å². The Morgan fingerprint density at radius 2 is 1.43 bits per heavy atom. The van der Waals surface area contributed by atoms with E-state index in [2.05, 4.69) is 0 Å². The molecule has 0 radical (unpaired) electrons. The second-order valence-corrected chi connectivity index (χ2v) is 3.76. The lowest BCUT2D eigenvalue weighted by Crippen LogP contribution is -2.56. The molecule has 2 atom stereocenters. The average molecular weight is 246 g/mol. The lowest BCUT2D eigenvalue weighted by Gasteiger charge is -2.27. The van der Waals surface area contributed by atoms with Gasteiger partial charge in [0.25, 0.3) is 12.1 Å². The van der Waals surface area contributed by atoms with Gasteiger partial charge in [0.1, 0.15) is 0 Å². The highest BCUT2D eigenvalue weighted by Gasteiger charge is 2.84. The monoisotopic (exact) mass is 246 g/mol. The zero-order valence-corrected chi connectivity index (χ0v) is 6.90. The van der Waals surface area contributed by atoms with Crippen LogP contribution in [0.2, 0.25) is 0 Å². The van der Waals surface area contributed by atoms with Crippen LogP contribution in [0.3, 0.4) is 0 Å². The van der Waals surface area contributed by atoms with E-state index >= 15 is 0 Å². The highest BCUT2D eigenvalue weighted by Crippen LogP contribution is 2.64. The van der Waals surface area contributed by atoms with Gasteiger partial charge in [0.05, 0.1) is 0 Å². The predicted octanol–water partition coefficient (Wildman–Crippen LogP) is 3.23. The molecule has 1 aliphatic rings. The highest BCUT2D eigenvalue weighted by molar-refractivity contribution is 8.01. The molecule has 0 saturated carbocycles. The third kappa shape index (κ3) is 1.13. The van der Waals surface area contributed by atoms with Crippen LogP contribution in [0.5, 0.6) is 0 Å². The normalized spacial score (nSPS) is 40.5. The maximum absolute atomic E-state index is 12.7. The van der Waals surface area contributed by atoms with Crippen LogP contribution in [0, 0.1) is 0 Å². The number of halogens is 8. The van der Waals surface area contributed by atoms with Crippen molar-refractivity contribution in [3.05, 3.63) is 0 Å². The molecule has 0 spiro atoms. The standard InChI is InChI=1S/C5H2F8S/c6-1(7)3(9)2(8)14-5(12,13)4(3,10)11/h1-2H. The summed E-state index contributed by atoms with van der Waals surface area (Å²) in [6.45, 7) is 0. The molecule has 1 rings (SSSR count). The first-order valence-corrected chi connectivity index (χ1v) is 4.00. The highest BCUT2D eigenvalue weighted by atomic mass is 32.2. The molecule has 0 nitrogen and oxygen atoms in total. The molecule has 84 valence electrons. The van der Waals surface area contributed by atoms with E-state index in [-0.39, 0.29) is 0 Å². The van der Waals surface area contributed by atoms with Gasteiger partial charge in [-0.25, -0.2) is 17.6 Å². The molecular weight excluding hydrogens is 244 g/mol. The first-order chi connectivity index (χ1) is 6.07. The van der Waals surface area contributed by atoms with Gasteiger partial charge in [-0.15, -0.1) is 0 Å².